The smallest absolute Gasteiger partial charge is 0.0433 e. The van der Waals surface area contributed by atoms with Gasteiger partial charge in [0.25, 0.3) is 0 Å². The van der Waals surface area contributed by atoms with E-state index in [1.807, 2.05) is 47.5 Å². The highest BCUT2D eigenvalue weighted by atomic mass is 32.1. The maximum absolute atomic E-state index is 4.71. The van der Waals surface area contributed by atoms with Crippen molar-refractivity contribution in [3.8, 4) is 55.6 Å². The molecule has 0 aliphatic rings. The van der Waals surface area contributed by atoms with Crippen molar-refractivity contribution in [3.05, 3.63) is 169 Å². The molecule has 0 atom stereocenters. The molecule has 0 aliphatic carbocycles. The first-order chi connectivity index (χ1) is 25.6. The fourth-order valence-corrected chi connectivity index (χ4v) is 10.2. The highest BCUT2D eigenvalue weighted by molar-refractivity contribution is 7.27. The molecule has 0 radical (unpaired) electrons. The van der Waals surface area contributed by atoms with E-state index in [9.17, 15) is 0 Å². The Kier molecular flexibility index (Phi) is 7.34. The number of hydrogen-bond acceptors (Lipinski definition) is 4. The molecule has 4 heterocycles. The maximum Gasteiger partial charge on any atom is 0.0433 e. The van der Waals surface area contributed by atoms with Crippen LogP contribution in [0.5, 0.6) is 0 Å². The number of aryl methyl sites for hydroxylation is 2. The molecule has 4 aromatic heterocycles. The van der Waals surface area contributed by atoms with Crippen molar-refractivity contribution in [2.75, 3.05) is 0 Å². The van der Waals surface area contributed by atoms with E-state index in [2.05, 4.69) is 147 Å². The van der Waals surface area contributed by atoms with Gasteiger partial charge in [0.2, 0.25) is 0 Å². The first-order valence-corrected chi connectivity index (χ1v) is 19.2. The molecule has 10 rings (SSSR count). The molecule has 0 fully saturated rings. The molecule has 0 amide bonds. The summed E-state index contributed by atoms with van der Waals surface area (Å²) in [4.78, 5) is 9.43. The van der Waals surface area contributed by atoms with Gasteiger partial charge in [-0.15, -0.1) is 22.7 Å². The van der Waals surface area contributed by atoms with Gasteiger partial charge in [0.15, 0.2) is 0 Å². The van der Waals surface area contributed by atoms with Crippen LogP contribution in [0.15, 0.2) is 158 Å². The average molecular weight is 701 g/mol. The highest BCUT2D eigenvalue weighted by Gasteiger charge is 2.15. The summed E-state index contributed by atoms with van der Waals surface area (Å²) < 4.78 is 5.39. The Hall–Kier alpha value is -5.94. The van der Waals surface area contributed by atoms with Crippen LogP contribution in [0.25, 0.3) is 96.0 Å². The van der Waals surface area contributed by atoms with E-state index in [1.54, 1.807) is 0 Å². The number of pyridine rings is 2. The molecule has 52 heavy (non-hydrogen) atoms. The van der Waals surface area contributed by atoms with Gasteiger partial charge in [-0.1, -0.05) is 109 Å². The Morgan fingerprint density at radius 1 is 0.327 bits per heavy atom. The fourth-order valence-electron chi connectivity index (χ4n) is 7.62. The average Bonchev–Trinajstić information content (AvgIpc) is 3.79. The van der Waals surface area contributed by atoms with Crippen molar-refractivity contribution >= 4 is 63.0 Å². The first-order valence-electron chi connectivity index (χ1n) is 17.5. The molecule has 0 unspecified atom stereocenters. The third-order valence-corrected chi connectivity index (χ3v) is 13.0. The first kappa shape index (κ1) is 30.8. The molecule has 0 spiro atoms. The third-order valence-electron chi connectivity index (χ3n) is 10.3. The third kappa shape index (κ3) is 5.14. The van der Waals surface area contributed by atoms with Crippen molar-refractivity contribution in [1.29, 1.82) is 0 Å². The summed E-state index contributed by atoms with van der Waals surface area (Å²) in [7, 11) is 0. The summed E-state index contributed by atoms with van der Waals surface area (Å²) in [5.41, 5.74) is 14.1. The Morgan fingerprint density at radius 2 is 0.654 bits per heavy atom. The van der Waals surface area contributed by atoms with Crippen LogP contribution in [0, 0.1) is 13.8 Å². The van der Waals surface area contributed by atoms with E-state index in [1.165, 1.54) is 73.7 Å². The van der Waals surface area contributed by atoms with Gasteiger partial charge in [-0.05, 0) is 82.6 Å². The van der Waals surface area contributed by atoms with Crippen molar-refractivity contribution in [1.82, 2.24) is 9.97 Å². The van der Waals surface area contributed by atoms with Crippen LogP contribution in [-0.2, 0) is 0 Å². The lowest BCUT2D eigenvalue weighted by molar-refractivity contribution is 1.30. The van der Waals surface area contributed by atoms with E-state index in [0.717, 1.165) is 33.4 Å². The van der Waals surface area contributed by atoms with Crippen molar-refractivity contribution in [3.63, 3.8) is 0 Å². The predicted octanol–water partition coefficient (Wildman–Crippen LogP) is 14.2. The summed E-state index contributed by atoms with van der Waals surface area (Å²) in [6, 6.07) is 48.7. The molecule has 0 bridgehead atoms. The summed E-state index contributed by atoms with van der Waals surface area (Å²) in [5.74, 6) is 0. The summed E-state index contributed by atoms with van der Waals surface area (Å²) in [5, 5.41) is 5.31. The number of hydrogen-bond donors (Lipinski definition) is 0. The molecule has 0 saturated heterocycles. The summed E-state index contributed by atoms with van der Waals surface area (Å²) in [6.07, 6.45) is 7.80. The van der Waals surface area contributed by atoms with E-state index in [-0.39, 0.29) is 0 Å². The van der Waals surface area contributed by atoms with Crippen LogP contribution in [-0.4, -0.2) is 9.97 Å². The van der Waals surface area contributed by atoms with Gasteiger partial charge >= 0.3 is 0 Å². The van der Waals surface area contributed by atoms with E-state index in [0.29, 0.717) is 0 Å². The summed E-state index contributed by atoms with van der Waals surface area (Å²) in [6.45, 7) is 4.41. The Balaban J connectivity index is 0.997. The number of thiophene rings is 2. The van der Waals surface area contributed by atoms with Crippen LogP contribution >= 0.6 is 22.7 Å². The van der Waals surface area contributed by atoms with Crippen molar-refractivity contribution < 1.29 is 0 Å². The highest BCUT2D eigenvalue weighted by Crippen LogP contribution is 2.43. The zero-order valence-electron chi connectivity index (χ0n) is 28.7. The van der Waals surface area contributed by atoms with E-state index < -0.39 is 0 Å². The zero-order chi connectivity index (χ0) is 34.8. The van der Waals surface area contributed by atoms with Gasteiger partial charge in [-0.25, -0.2) is 0 Å². The number of fused-ring (bicyclic) bond motifs is 6. The minimum atomic E-state index is 1.04. The molecule has 0 N–H and O–H groups in total. The zero-order valence-corrected chi connectivity index (χ0v) is 30.4. The van der Waals surface area contributed by atoms with Crippen molar-refractivity contribution in [2.24, 2.45) is 0 Å². The topological polar surface area (TPSA) is 25.8 Å². The quantitative estimate of drug-likeness (QED) is 0.179. The lowest BCUT2D eigenvalue weighted by atomic mass is 9.96. The molecular weight excluding hydrogens is 669 g/mol. The molecule has 0 saturated carbocycles. The van der Waals surface area contributed by atoms with Crippen LogP contribution in [0.3, 0.4) is 0 Å². The molecular formula is C48H32N2S2. The monoisotopic (exact) mass is 700 g/mol. The second-order valence-electron chi connectivity index (χ2n) is 13.6. The molecule has 246 valence electrons. The molecule has 0 aliphatic heterocycles. The van der Waals surface area contributed by atoms with Crippen LogP contribution in [0.4, 0.5) is 0 Å². The molecule has 4 heteroatoms. The number of rotatable bonds is 5. The maximum atomic E-state index is 4.71. The van der Waals surface area contributed by atoms with Gasteiger partial charge in [0.1, 0.15) is 0 Å². The molecule has 10 aromatic rings. The second-order valence-corrected chi connectivity index (χ2v) is 15.6. The fraction of sp³-hybridized carbons (Fsp3) is 0.0417. The largest absolute Gasteiger partial charge is 0.263 e. The SMILES string of the molecule is Cc1cccc2c1sc1c(-c3cccc(-c4cncc(-c5cncc(-c6cccc(-c7cccc8c7sc7c(C)cccc78)c6)c5)c4)c3)cccc12. The van der Waals surface area contributed by atoms with Crippen LogP contribution in [0.2, 0.25) is 0 Å². The van der Waals surface area contributed by atoms with E-state index in [4.69, 9.17) is 9.97 Å². The van der Waals surface area contributed by atoms with Gasteiger partial charge in [0, 0.05) is 87.4 Å². The van der Waals surface area contributed by atoms with Crippen LogP contribution < -0.4 is 0 Å². The Bertz CT molecular complexity index is 2800. The predicted molar refractivity (Wildman–Crippen MR) is 224 cm³/mol. The van der Waals surface area contributed by atoms with Gasteiger partial charge in [-0.3, -0.25) is 9.97 Å². The molecule has 2 nitrogen and oxygen atoms in total. The molecule has 6 aromatic carbocycles. The van der Waals surface area contributed by atoms with Crippen molar-refractivity contribution in [2.45, 2.75) is 13.8 Å². The Morgan fingerprint density at radius 3 is 1.10 bits per heavy atom. The lowest BCUT2D eigenvalue weighted by Crippen LogP contribution is -1.88. The van der Waals surface area contributed by atoms with Gasteiger partial charge in [0.05, 0.1) is 0 Å². The Labute approximate surface area is 310 Å². The van der Waals surface area contributed by atoms with E-state index >= 15 is 0 Å². The number of aromatic nitrogens is 2. The normalized spacial score (nSPS) is 11.7. The lowest BCUT2D eigenvalue weighted by Gasteiger charge is -2.10. The summed E-state index contributed by atoms with van der Waals surface area (Å²) >= 11 is 3.79. The van der Waals surface area contributed by atoms with Gasteiger partial charge < -0.3 is 0 Å². The van der Waals surface area contributed by atoms with Crippen LogP contribution in [0.1, 0.15) is 11.1 Å². The van der Waals surface area contributed by atoms with Gasteiger partial charge in [-0.2, -0.15) is 0 Å². The minimum absolute atomic E-state index is 1.04. The number of nitrogens with zero attached hydrogens (tertiary/aromatic N) is 2. The number of benzene rings is 6. The standard InChI is InChI=1S/C48H32N2S2/c1-29-9-3-17-41-43-19-7-15-39(47(43)51-45(29)41)33-13-5-11-31(21-33)35-23-37(27-49-25-35)38-24-36(26-50-28-38)32-12-6-14-34(22-32)40-16-8-20-44-42-18-4-10-30(2)46(42)52-48(40)44/h3-28H,1-2H3. The minimum Gasteiger partial charge on any atom is -0.263 e. The second kappa shape index (κ2) is 12.4.